The predicted octanol–water partition coefficient (Wildman–Crippen LogP) is 4.56. The molecule has 0 aliphatic heterocycles. The normalized spacial score (nSPS) is 11.7. The van der Waals surface area contributed by atoms with Crippen molar-refractivity contribution in [2.45, 2.75) is 18.0 Å². The molecule has 0 N–H and O–H groups in total. The number of hydrogen-bond acceptors (Lipinski definition) is 5. The standard InChI is InChI=1S/C21H16Cl3FN2O4S.BrH/c22-17-5-4-16(9-18(17)23)31-13-21(28)26-10-15-2-1-7-27(12-15)11-14-3-6-20(19(24)8-14)32(25,29)30;/h1-9,12H,10-11,13H2;1H. The van der Waals surface area contributed by atoms with Crippen molar-refractivity contribution in [3.63, 3.8) is 0 Å². The molecule has 0 amide bonds. The third-order valence-corrected chi connectivity index (χ3v) is 6.28. The monoisotopic (exact) mass is 596 g/mol. The Morgan fingerprint density at radius 1 is 1.03 bits per heavy atom. The van der Waals surface area contributed by atoms with E-state index >= 15 is 0 Å². The van der Waals surface area contributed by atoms with Crippen LogP contribution in [0.4, 0.5) is 3.89 Å². The number of hydrogen-bond donors (Lipinski definition) is 0. The second-order valence-electron chi connectivity index (χ2n) is 6.66. The number of benzene rings is 2. The lowest BCUT2D eigenvalue weighted by atomic mass is 10.2. The van der Waals surface area contributed by atoms with Crippen LogP contribution < -0.4 is 14.4 Å². The zero-order valence-electron chi connectivity index (χ0n) is 16.8. The van der Waals surface area contributed by atoms with E-state index < -0.39 is 21.0 Å². The van der Waals surface area contributed by atoms with Gasteiger partial charge in [0.15, 0.2) is 18.9 Å². The number of rotatable bonds is 8. The maximum Gasteiger partial charge on any atom is 0.333 e. The summed E-state index contributed by atoms with van der Waals surface area (Å²) in [7, 11) is -4.88. The second-order valence-corrected chi connectivity index (χ2v) is 9.20. The Bertz CT molecular complexity index is 1280. The molecule has 12 heteroatoms. The van der Waals surface area contributed by atoms with E-state index in [1.807, 2.05) is 0 Å². The van der Waals surface area contributed by atoms with E-state index in [1.54, 1.807) is 41.2 Å². The van der Waals surface area contributed by atoms with Gasteiger partial charge in [-0.3, -0.25) is 4.99 Å². The topological polar surface area (TPSA) is 82.7 Å². The fourth-order valence-corrected chi connectivity index (χ4v) is 4.05. The first-order valence-electron chi connectivity index (χ1n) is 9.11. The molecule has 0 aliphatic carbocycles. The summed E-state index contributed by atoms with van der Waals surface area (Å²) in [5.74, 6) is -0.0352. The average molecular weight is 599 g/mol. The van der Waals surface area contributed by atoms with Crippen LogP contribution in [-0.4, -0.2) is 20.9 Å². The molecule has 0 fully saturated rings. The third kappa shape index (κ3) is 8.12. The summed E-state index contributed by atoms with van der Waals surface area (Å²) in [5.41, 5.74) is 1.44. The van der Waals surface area contributed by atoms with Crippen molar-refractivity contribution in [1.82, 2.24) is 0 Å². The molecule has 1 heterocycles. The molecule has 3 aromatic rings. The minimum atomic E-state index is -4.88. The fraction of sp³-hybridized carbons (Fsp3) is 0.143. The molecule has 0 saturated carbocycles. The number of pyridine rings is 1. The molecule has 0 atom stereocenters. The number of halogens is 5. The SMILES string of the molecule is Br.O=S(=O)(F)c1ccc(C[n+]2cccc(CN=C([O-])COc3ccc(Cl)c(Cl)c3)c2)cc1Cl. The summed E-state index contributed by atoms with van der Waals surface area (Å²) in [5, 5.41) is 12.5. The summed E-state index contributed by atoms with van der Waals surface area (Å²) in [6, 6.07) is 12.3. The molecule has 1 aromatic heterocycles. The van der Waals surface area contributed by atoms with Crippen molar-refractivity contribution in [2.75, 3.05) is 6.61 Å². The van der Waals surface area contributed by atoms with Crippen molar-refractivity contribution in [3.05, 3.63) is 87.1 Å². The molecule has 0 aliphatic rings. The molecular formula is C21H17BrCl3FN2O4S. The second kappa shape index (κ2) is 12.0. The Morgan fingerprint density at radius 3 is 2.45 bits per heavy atom. The molecule has 0 spiro atoms. The van der Waals surface area contributed by atoms with Crippen LogP contribution in [0.15, 0.2) is 70.8 Å². The third-order valence-electron chi connectivity index (χ3n) is 4.23. The van der Waals surface area contributed by atoms with Gasteiger partial charge < -0.3 is 9.84 Å². The van der Waals surface area contributed by atoms with Gasteiger partial charge in [0, 0.05) is 23.3 Å². The first-order chi connectivity index (χ1) is 15.1. The quantitative estimate of drug-likeness (QED) is 0.165. The fourth-order valence-electron chi connectivity index (χ4n) is 2.76. The van der Waals surface area contributed by atoms with Crippen molar-refractivity contribution >= 4 is 67.9 Å². The largest absolute Gasteiger partial charge is 0.860 e. The molecule has 33 heavy (non-hydrogen) atoms. The molecule has 3 rings (SSSR count). The van der Waals surface area contributed by atoms with Gasteiger partial charge in [0.25, 0.3) is 0 Å². The molecule has 6 nitrogen and oxygen atoms in total. The average Bonchev–Trinajstić information content (AvgIpc) is 2.72. The maximum atomic E-state index is 13.2. The molecule has 0 saturated heterocycles. The highest BCUT2D eigenvalue weighted by Gasteiger charge is 2.17. The van der Waals surface area contributed by atoms with Gasteiger partial charge in [-0.05, 0) is 36.2 Å². The lowest BCUT2D eigenvalue weighted by molar-refractivity contribution is -0.688. The van der Waals surface area contributed by atoms with E-state index in [0.29, 0.717) is 27.9 Å². The van der Waals surface area contributed by atoms with Gasteiger partial charge in [0.2, 0.25) is 0 Å². The van der Waals surface area contributed by atoms with Crippen LogP contribution in [0.1, 0.15) is 11.1 Å². The molecule has 2 aromatic carbocycles. The Kier molecular flexibility index (Phi) is 9.93. The highest BCUT2D eigenvalue weighted by molar-refractivity contribution is 8.93. The van der Waals surface area contributed by atoms with E-state index in [0.717, 1.165) is 11.6 Å². The summed E-state index contributed by atoms with van der Waals surface area (Å²) < 4.78 is 42.4. The Balaban J connectivity index is 0.00000385. The van der Waals surface area contributed by atoms with Gasteiger partial charge in [-0.25, -0.2) is 4.57 Å². The van der Waals surface area contributed by atoms with E-state index in [2.05, 4.69) is 4.99 Å². The van der Waals surface area contributed by atoms with Crippen LogP contribution in [0.2, 0.25) is 15.1 Å². The van der Waals surface area contributed by atoms with Crippen LogP contribution in [0.25, 0.3) is 0 Å². The van der Waals surface area contributed by atoms with Gasteiger partial charge in [-0.1, -0.05) is 40.9 Å². The minimum absolute atomic E-state index is 0. The summed E-state index contributed by atoms with van der Waals surface area (Å²) in [6.45, 7) is 0.256. The van der Waals surface area contributed by atoms with Crippen LogP contribution in [0.5, 0.6) is 5.75 Å². The zero-order chi connectivity index (χ0) is 23.3. The van der Waals surface area contributed by atoms with Gasteiger partial charge >= 0.3 is 10.2 Å². The summed E-state index contributed by atoms with van der Waals surface area (Å²) >= 11 is 17.6. The molecule has 176 valence electrons. The number of aliphatic imine (C=N–C) groups is 1. The Labute approximate surface area is 216 Å². The Morgan fingerprint density at radius 2 is 1.79 bits per heavy atom. The Hall–Kier alpha value is -1.91. The van der Waals surface area contributed by atoms with Crippen molar-refractivity contribution in [1.29, 1.82) is 0 Å². The highest BCUT2D eigenvalue weighted by atomic mass is 79.9. The summed E-state index contributed by atoms with van der Waals surface area (Å²) in [4.78, 5) is 3.42. The minimum Gasteiger partial charge on any atom is -0.860 e. The molecule has 0 radical (unpaired) electrons. The van der Waals surface area contributed by atoms with Crippen LogP contribution >= 0.6 is 51.8 Å². The molecule has 0 unspecified atom stereocenters. The van der Waals surface area contributed by atoms with Gasteiger partial charge in [-0.15, -0.1) is 20.9 Å². The lowest BCUT2D eigenvalue weighted by Gasteiger charge is -2.12. The predicted molar refractivity (Wildman–Crippen MR) is 129 cm³/mol. The van der Waals surface area contributed by atoms with Gasteiger partial charge in [-0.2, -0.15) is 8.42 Å². The summed E-state index contributed by atoms with van der Waals surface area (Å²) in [6.07, 6.45) is 3.57. The number of ether oxygens (including phenoxy) is 1. The van der Waals surface area contributed by atoms with E-state index in [1.165, 1.54) is 18.2 Å². The molecular weight excluding hydrogens is 582 g/mol. The van der Waals surface area contributed by atoms with E-state index in [9.17, 15) is 17.4 Å². The van der Waals surface area contributed by atoms with Gasteiger partial charge in [0.1, 0.15) is 17.3 Å². The number of aromatic nitrogens is 1. The number of nitrogens with zero attached hydrogens (tertiary/aromatic N) is 2. The van der Waals surface area contributed by atoms with Gasteiger partial charge in [0.05, 0.1) is 21.6 Å². The zero-order valence-corrected chi connectivity index (χ0v) is 21.5. The van der Waals surface area contributed by atoms with Crippen LogP contribution in [0, 0.1) is 0 Å². The van der Waals surface area contributed by atoms with Crippen LogP contribution in [-0.2, 0) is 23.3 Å². The highest BCUT2D eigenvalue weighted by Crippen LogP contribution is 2.26. The van der Waals surface area contributed by atoms with Crippen molar-refractivity contribution in [2.24, 2.45) is 4.99 Å². The first kappa shape index (κ1) is 27.3. The molecule has 0 bridgehead atoms. The lowest BCUT2D eigenvalue weighted by Crippen LogP contribution is -2.34. The van der Waals surface area contributed by atoms with Crippen LogP contribution in [0.3, 0.4) is 0 Å². The van der Waals surface area contributed by atoms with Crippen molar-refractivity contribution < 1.29 is 26.7 Å². The van der Waals surface area contributed by atoms with Crippen molar-refractivity contribution in [3.8, 4) is 5.75 Å². The van der Waals surface area contributed by atoms with E-state index in [-0.39, 0.29) is 35.2 Å². The smallest absolute Gasteiger partial charge is 0.333 e. The first-order valence-corrected chi connectivity index (χ1v) is 11.6. The van der Waals surface area contributed by atoms with E-state index in [4.69, 9.17) is 39.5 Å². The maximum absolute atomic E-state index is 13.2.